The molecule has 0 bridgehead atoms. The summed E-state index contributed by atoms with van der Waals surface area (Å²) in [5.74, 6) is 0.376. The number of nitrogens with two attached hydrogens (primary N) is 1. The third kappa shape index (κ3) is 5.71. The van der Waals surface area contributed by atoms with Crippen molar-refractivity contribution in [1.29, 1.82) is 0 Å². The van der Waals surface area contributed by atoms with Crippen LogP contribution in [-0.4, -0.2) is 44.5 Å². The third-order valence-corrected chi connectivity index (χ3v) is 5.74. The Morgan fingerprint density at radius 3 is 2.68 bits per heavy atom. The maximum absolute atomic E-state index is 13.3. The van der Waals surface area contributed by atoms with Crippen LogP contribution in [0.15, 0.2) is 29.3 Å². The number of aromatic amines is 1. The standard InChI is InChI=1S/C21H31N7O3/c1-14(2)10-17(13-28-12-16(26-27-28)6-9-23-20(22)31)25-19(30)21(7-3-8-21)15-4-5-18(29)24-11-15/h4-5,11-12,14,17H,3,6-10,13H2,1-2H3,(H,24,29)(H,25,30)(H3,22,23,31)/t17-/m0/s1. The van der Waals surface area contributed by atoms with Crippen LogP contribution in [0.25, 0.3) is 0 Å². The Hall–Kier alpha value is -3.17. The molecule has 168 valence electrons. The second kappa shape index (κ2) is 9.76. The number of H-pyrrole nitrogens is 1. The summed E-state index contributed by atoms with van der Waals surface area (Å²) in [7, 11) is 0. The lowest BCUT2D eigenvalue weighted by molar-refractivity contribution is -0.131. The van der Waals surface area contributed by atoms with Crippen LogP contribution in [0.3, 0.4) is 0 Å². The van der Waals surface area contributed by atoms with Crippen LogP contribution in [0.5, 0.6) is 0 Å². The van der Waals surface area contributed by atoms with Crippen molar-refractivity contribution >= 4 is 11.9 Å². The molecule has 5 N–H and O–H groups in total. The van der Waals surface area contributed by atoms with Gasteiger partial charge in [0.25, 0.3) is 0 Å². The first kappa shape index (κ1) is 22.5. The highest BCUT2D eigenvalue weighted by Gasteiger charge is 2.46. The highest BCUT2D eigenvalue weighted by atomic mass is 16.2. The van der Waals surface area contributed by atoms with E-state index in [0.29, 0.717) is 25.4 Å². The quantitative estimate of drug-likeness (QED) is 0.441. The van der Waals surface area contributed by atoms with E-state index in [-0.39, 0.29) is 17.5 Å². The summed E-state index contributed by atoms with van der Waals surface area (Å²) in [6.45, 7) is 5.12. The highest BCUT2D eigenvalue weighted by Crippen LogP contribution is 2.43. The molecule has 3 rings (SSSR count). The summed E-state index contributed by atoms with van der Waals surface area (Å²) < 4.78 is 1.72. The Labute approximate surface area is 181 Å². The first-order chi connectivity index (χ1) is 14.8. The Balaban J connectivity index is 1.67. The minimum absolute atomic E-state index is 0.0116. The molecule has 1 aliphatic rings. The summed E-state index contributed by atoms with van der Waals surface area (Å²) in [6, 6.07) is 2.54. The molecule has 0 unspecified atom stereocenters. The Bertz CT molecular complexity index is 941. The van der Waals surface area contributed by atoms with E-state index in [4.69, 9.17) is 5.73 Å². The molecular weight excluding hydrogens is 398 g/mol. The summed E-state index contributed by atoms with van der Waals surface area (Å²) in [5, 5.41) is 14.0. The van der Waals surface area contributed by atoms with Crippen LogP contribution in [0, 0.1) is 5.92 Å². The van der Waals surface area contributed by atoms with E-state index >= 15 is 0 Å². The van der Waals surface area contributed by atoms with Crippen molar-refractivity contribution in [2.75, 3.05) is 6.54 Å². The molecule has 1 fully saturated rings. The summed E-state index contributed by atoms with van der Waals surface area (Å²) in [6.07, 6.45) is 7.31. The third-order valence-electron chi connectivity index (χ3n) is 5.74. The zero-order chi connectivity index (χ0) is 22.4. The van der Waals surface area contributed by atoms with Crippen LogP contribution in [0.2, 0.25) is 0 Å². The van der Waals surface area contributed by atoms with Gasteiger partial charge in [0.2, 0.25) is 11.5 Å². The number of urea groups is 1. The number of amides is 3. The van der Waals surface area contributed by atoms with Crippen molar-refractivity contribution in [3.8, 4) is 0 Å². The highest BCUT2D eigenvalue weighted by molar-refractivity contribution is 5.89. The molecule has 0 aliphatic heterocycles. The maximum atomic E-state index is 13.3. The molecule has 3 amide bonds. The predicted octanol–water partition coefficient (Wildman–Crippen LogP) is 0.830. The van der Waals surface area contributed by atoms with Crippen molar-refractivity contribution in [1.82, 2.24) is 30.6 Å². The number of rotatable bonds is 10. The molecule has 0 saturated heterocycles. The fourth-order valence-corrected chi connectivity index (χ4v) is 4.04. The molecule has 2 aromatic heterocycles. The zero-order valence-corrected chi connectivity index (χ0v) is 18.1. The van der Waals surface area contributed by atoms with Crippen molar-refractivity contribution in [2.45, 2.75) is 64.0 Å². The fraction of sp³-hybridized carbons (Fsp3) is 0.571. The Kier molecular flexibility index (Phi) is 7.09. The number of carbonyl (C=O) groups excluding carboxylic acids is 2. The van der Waals surface area contributed by atoms with Gasteiger partial charge in [0.05, 0.1) is 17.7 Å². The number of hydrogen-bond acceptors (Lipinski definition) is 5. The van der Waals surface area contributed by atoms with Gasteiger partial charge in [-0.05, 0) is 30.7 Å². The van der Waals surface area contributed by atoms with Gasteiger partial charge in [0.15, 0.2) is 0 Å². The summed E-state index contributed by atoms with van der Waals surface area (Å²) >= 11 is 0. The number of nitrogens with one attached hydrogen (secondary N) is 3. The Morgan fingerprint density at radius 2 is 2.10 bits per heavy atom. The lowest BCUT2D eigenvalue weighted by Gasteiger charge is -2.41. The van der Waals surface area contributed by atoms with Gasteiger partial charge in [-0.3, -0.25) is 14.3 Å². The van der Waals surface area contributed by atoms with E-state index in [2.05, 4.69) is 39.8 Å². The van der Waals surface area contributed by atoms with E-state index < -0.39 is 11.4 Å². The molecule has 10 nitrogen and oxygen atoms in total. The molecule has 2 aromatic rings. The zero-order valence-electron chi connectivity index (χ0n) is 18.1. The van der Waals surface area contributed by atoms with Crippen LogP contribution in [0.1, 0.15) is 50.8 Å². The van der Waals surface area contributed by atoms with Gasteiger partial charge in [-0.1, -0.05) is 31.5 Å². The molecule has 1 aliphatic carbocycles. The van der Waals surface area contributed by atoms with Gasteiger partial charge in [0, 0.05) is 37.5 Å². The molecule has 31 heavy (non-hydrogen) atoms. The summed E-state index contributed by atoms with van der Waals surface area (Å²) in [4.78, 5) is 38.2. The topological polar surface area (TPSA) is 148 Å². The van der Waals surface area contributed by atoms with Gasteiger partial charge in [-0.2, -0.15) is 0 Å². The minimum Gasteiger partial charge on any atom is -0.352 e. The van der Waals surface area contributed by atoms with E-state index in [0.717, 1.165) is 36.9 Å². The number of hydrogen-bond donors (Lipinski definition) is 4. The van der Waals surface area contributed by atoms with Crippen LogP contribution in [0.4, 0.5) is 4.79 Å². The van der Waals surface area contributed by atoms with Gasteiger partial charge < -0.3 is 21.4 Å². The number of carbonyl (C=O) groups is 2. The number of aromatic nitrogens is 4. The number of pyridine rings is 1. The largest absolute Gasteiger partial charge is 0.352 e. The average molecular weight is 430 g/mol. The minimum atomic E-state index is -0.590. The fourth-order valence-electron chi connectivity index (χ4n) is 4.04. The van der Waals surface area contributed by atoms with E-state index in [1.54, 1.807) is 16.9 Å². The SMILES string of the molecule is CC(C)C[C@@H](Cn1cc(CCNC(N)=O)nn1)NC(=O)C1(c2ccc(=O)[nH]c2)CCC1. The molecular formula is C21H31N7O3. The second-order valence-electron chi connectivity index (χ2n) is 8.65. The van der Waals surface area contributed by atoms with E-state index in [9.17, 15) is 14.4 Å². The Morgan fingerprint density at radius 1 is 1.32 bits per heavy atom. The first-order valence-corrected chi connectivity index (χ1v) is 10.7. The lowest BCUT2D eigenvalue weighted by Crippen LogP contribution is -2.53. The number of nitrogens with zero attached hydrogens (tertiary/aromatic N) is 3. The maximum Gasteiger partial charge on any atom is 0.312 e. The molecule has 2 heterocycles. The molecule has 0 aromatic carbocycles. The van der Waals surface area contributed by atoms with Crippen molar-refractivity contribution < 1.29 is 9.59 Å². The smallest absolute Gasteiger partial charge is 0.312 e. The predicted molar refractivity (Wildman–Crippen MR) is 115 cm³/mol. The number of primary amides is 1. The van der Waals surface area contributed by atoms with Crippen LogP contribution in [-0.2, 0) is 23.2 Å². The molecule has 0 radical (unpaired) electrons. The monoisotopic (exact) mass is 429 g/mol. The molecule has 1 saturated carbocycles. The van der Waals surface area contributed by atoms with Crippen molar-refractivity contribution in [2.24, 2.45) is 11.7 Å². The first-order valence-electron chi connectivity index (χ1n) is 10.7. The molecule has 0 spiro atoms. The van der Waals surface area contributed by atoms with Crippen LogP contribution >= 0.6 is 0 Å². The molecule has 10 heteroatoms. The van der Waals surface area contributed by atoms with E-state index in [1.807, 2.05) is 6.20 Å². The average Bonchev–Trinajstić information content (AvgIpc) is 3.08. The van der Waals surface area contributed by atoms with E-state index in [1.165, 1.54) is 6.07 Å². The molecule has 1 atom stereocenters. The van der Waals surface area contributed by atoms with Gasteiger partial charge in [-0.15, -0.1) is 5.10 Å². The van der Waals surface area contributed by atoms with Crippen LogP contribution < -0.4 is 21.9 Å². The summed E-state index contributed by atoms with van der Waals surface area (Å²) in [5.41, 5.74) is 5.90. The van der Waals surface area contributed by atoms with Crippen molar-refractivity contribution in [3.05, 3.63) is 46.1 Å². The van der Waals surface area contributed by atoms with Gasteiger partial charge >= 0.3 is 6.03 Å². The second-order valence-corrected chi connectivity index (χ2v) is 8.65. The van der Waals surface area contributed by atoms with Crippen molar-refractivity contribution in [3.63, 3.8) is 0 Å². The lowest BCUT2D eigenvalue weighted by atomic mass is 9.64. The normalized spacial score (nSPS) is 15.8. The van der Waals surface area contributed by atoms with Gasteiger partial charge in [0.1, 0.15) is 0 Å². The van der Waals surface area contributed by atoms with Gasteiger partial charge in [-0.25, -0.2) is 4.79 Å².